The quantitative estimate of drug-likeness (QED) is 0.765. The Morgan fingerprint density at radius 3 is 2.61 bits per heavy atom. The molecule has 0 bridgehead atoms. The highest BCUT2D eigenvalue weighted by Gasteiger charge is 2.43. The van der Waals surface area contributed by atoms with Crippen molar-refractivity contribution in [3.63, 3.8) is 0 Å². The first-order chi connectivity index (χ1) is 11.1. The molecule has 1 atom stereocenters. The molecule has 0 fully saturated rings. The van der Waals surface area contributed by atoms with Crippen LogP contribution in [0, 0.1) is 0 Å². The summed E-state index contributed by atoms with van der Waals surface area (Å²) in [5.74, 6) is -0.127. The first-order valence-corrected chi connectivity index (χ1v) is 7.89. The Balaban J connectivity index is 1.89. The number of benzene rings is 2. The van der Waals surface area contributed by atoms with Gasteiger partial charge >= 0.3 is 5.97 Å². The maximum atomic E-state index is 11.7. The molecule has 1 aliphatic heterocycles. The van der Waals surface area contributed by atoms with E-state index in [0.717, 1.165) is 5.56 Å². The average Bonchev–Trinajstić information content (AvgIpc) is 2.93. The summed E-state index contributed by atoms with van der Waals surface area (Å²) in [6.45, 7) is 2.14. The van der Waals surface area contributed by atoms with Gasteiger partial charge in [0, 0.05) is 23.1 Å². The predicted molar refractivity (Wildman–Crippen MR) is 86.7 cm³/mol. The minimum Gasteiger partial charge on any atom is -0.466 e. The molecule has 0 N–H and O–H groups in total. The molecule has 2 aromatic rings. The third-order valence-electron chi connectivity index (χ3n) is 3.63. The lowest BCUT2D eigenvalue weighted by atomic mass is 10.0. The van der Waals surface area contributed by atoms with Gasteiger partial charge in [-0.05, 0) is 19.1 Å². The molecule has 0 aromatic heterocycles. The van der Waals surface area contributed by atoms with Crippen LogP contribution in [0.25, 0.3) is 0 Å². The van der Waals surface area contributed by atoms with Gasteiger partial charge in [-0.25, -0.2) is 0 Å². The number of hydrogen-bond donors (Lipinski definition) is 0. The van der Waals surface area contributed by atoms with Crippen LogP contribution < -0.4 is 9.47 Å². The molecular formula is C18H17ClO4. The van der Waals surface area contributed by atoms with Gasteiger partial charge in [0.15, 0.2) is 11.5 Å². The fraction of sp³-hybridized carbons (Fsp3) is 0.278. The van der Waals surface area contributed by atoms with Crippen molar-refractivity contribution < 1.29 is 19.0 Å². The van der Waals surface area contributed by atoms with Crippen LogP contribution in [0.3, 0.4) is 0 Å². The lowest BCUT2D eigenvalue weighted by Gasteiger charge is -2.28. The van der Waals surface area contributed by atoms with Crippen molar-refractivity contribution in [2.45, 2.75) is 25.6 Å². The molecule has 5 heteroatoms. The van der Waals surface area contributed by atoms with E-state index in [2.05, 4.69) is 0 Å². The summed E-state index contributed by atoms with van der Waals surface area (Å²) < 4.78 is 17.2. The monoisotopic (exact) mass is 332 g/mol. The van der Waals surface area contributed by atoms with E-state index in [0.29, 0.717) is 29.5 Å². The minimum absolute atomic E-state index is 0.199. The Bertz CT molecular complexity index is 701. The van der Waals surface area contributed by atoms with Gasteiger partial charge in [-0.1, -0.05) is 41.9 Å². The zero-order chi connectivity index (χ0) is 16.3. The first-order valence-electron chi connectivity index (χ1n) is 7.52. The van der Waals surface area contributed by atoms with Gasteiger partial charge in [0.1, 0.15) is 0 Å². The number of hydrogen-bond acceptors (Lipinski definition) is 4. The van der Waals surface area contributed by atoms with Crippen LogP contribution in [-0.4, -0.2) is 12.6 Å². The standard InChI is InChI=1S/C18H17ClO4/c1-2-21-17(20)10-11-18(13-6-4-3-5-7-13)22-15-9-8-14(19)12-16(15)23-18/h3-9,12H,2,10-11H2,1H3. The van der Waals surface area contributed by atoms with Gasteiger partial charge in [0.05, 0.1) is 13.0 Å². The van der Waals surface area contributed by atoms with Gasteiger partial charge in [-0.2, -0.15) is 0 Å². The molecule has 120 valence electrons. The van der Waals surface area contributed by atoms with Crippen molar-refractivity contribution in [2.75, 3.05) is 6.61 Å². The van der Waals surface area contributed by atoms with E-state index in [4.69, 9.17) is 25.8 Å². The number of fused-ring (bicyclic) bond motifs is 1. The molecule has 0 aliphatic carbocycles. The van der Waals surface area contributed by atoms with Gasteiger partial charge < -0.3 is 14.2 Å². The third kappa shape index (κ3) is 3.27. The molecule has 1 unspecified atom stereocenters. The topological polar surface area (TPSA) is 44.8 Å². The normalized spacial score (nSPS) is 18.7. The predicted octanol–water partition coefficient (Wildman–Crippen LogP) is 4.31. The summed E-state index contributed by atoms with van der Waals surface area (Å²) in [6.07, 6.45) is 0.548. The Morgan fingerprint density at radius 2 is 1.87 bits per heavy atom. The van der Waals surface area contributed by atoms with E-state index in [-0.39, 0.29) is 12.4 Å². The fourth-order valence-corrected chi connectivity index (χ4v) is 2.74. The lowest BCUT2D eigenvalue weighted by molar-refractivity contribution is -0.148. The molecule has 2 aromatic carbocycles. The van der Waals surface area contributed by atoms with Crippen molar-refractivity contribution in [3.05, 3.63) is 59.1 Å². The van der Waals surface area contributed by atoms with Crippen LogP contribution in [0.1, 0.15) is 25.3 Å². The maximum absolute atomic E-state index is 11.7. The summed E-state index contributed by atoms with van der Waals surface area (Å²) in [5, 5.41) is 0.571. The molecule has 0 saturated heterocycles. The Morgan fingerprint density at radius 1 is 1.13 bits per heavy atom. The van der Waals surface area contributed by atoms with E-state index < -0.39 is 5.79 Å². The molecular weight excluding hydrogens is 316 g/mol. The smallest absolute Gasteiger partial charge is 0.306 e. The Labute approximate surface area is 139 Å². The largest absolute Gasteiger partial charge is 0.466 e. The third-order valence-corrected chi connectivity index (χ3v) is 3.87. The number of esters is 1. The number of carbonyl (C=O) groups is 1. The van der Waals surface area contributed by atoms with E-state index in [1.807, 2.05) is 30.3 Å². The van der Waals surface area contributed by atoms with Crippen LogP contribution in [0.4, 0.5) is 0 Å². The van der Waals surface area contributed by atoms with E-state index >= 15 is 0 Å². The number of ether oxygens (including phenoxy) is 3. The van der Waals surface area contributed by atoms with Gasteiger partial charge in [0.2, 0.25) is 0 Å². The minimum atomic E-state index is -1.04. The van der Waals surface area contributed by atoms with Crippen LogP contribution in [0.5, 0.6) is 11.5 Å². The van der Waals surface area contributed by atoms with Crippen LogP contribution in [0.15, 0.2) is 48.5 Å². The highest BCUT2D eigenvalue weighted by atomic mass is 35.5. The lowest BCUT2D eigenvalue weighted by Crippen LogP contribution is -2.36. The Hall–Kier alpha value is -2.20. The van der Waals surface area contributed by atoms with E-state index in [9.17, 15) is 4.79 Å². The average molecular weight is 333 g/mol. The van der Waals surface area contributed by atoms with Crippen molar-refractivity contribution in [2.24, 2.45) is 0 Å². The molecule has 1 aliphatic rings. The molecule has 4 nitrogen and oxygen atoms in total. The SMILES string of the molecule is CCOC(=O)CCC1(c2ccccc2)Oc2ccc(Cl)cc2O1. The molecule has 0 spiro atoms. The number of halogens is 1. The summed E-state index contributed by atoms with van der Waals surface area (Å²) in [7, 11) is 0. The zero-order valence-corrected chi connectivity index (χ0v) is 13.5. The summed E-state index contributed by atoms with van der Waals surface area (Å²) in [4.78, 5) is 11.7. The first kappa shape index (κ1) is 15.7. The van der Waals surface area contributed by atoms with E-state index in [1.165, 1.54) is 0 Å². The van der Waals surface area contributed by atoms with Gasteiger partial charge in [-0.15, -0.1) is 0 Å². The van der Waals surface area contributed by atoms with Crippen LogP contribution in [0.2, 0.25) is 5.02 Å². The highest BCUT2D eigenvalue weighted by molar-refractivity contribution is 6.30. The van der Waals surface area contributed by atoms with Crippen molar-refractivity contribution in [3.8, 4) is 11.5 Å². The number of rotatable bonds is 5. The fourth-order valence-electron chi connectivity index (χ4n) is 2.58. The van der Waals surface area contributed by atoms with Crippen LogP contribution in [-0.2, 0) is 15.3 Å². The van der Waals surface area contributed by atoms with Gasteiger partial charge in [-0.3, -0.25) is 4.79 Å². The molecule has 0 amide bonds. The molecule has 3 rings (SSSR count). The second-order valence-corrected chi connectivity index (χ2v) is 5.66. The summed E-state index contributed by atoms with van der Waals surface area (Å²) in [6, 6.07) is 14.8. The van der Waals surface area contributed by atoms with Crippen molar-refractivity contribution in [1.82, 2.24) is 0 Å². The highest BCUT2D eigenvalue weighted by Crippen LogP contribution is 2.47. The molecule has 0 radical (unpaired) electrons. The second-order valence-electron chi connectivity index (χ2n) is 5.22. The van der Waals surface area contributed by atoms with Crippen LogP contribution >= 0.6 is 11.6 Å². The Kier molecular flexibility index (Phi) is 4.44. The van der Waals surface area contributed by atoms with Gasteiger partial charge in [0.25, 0.3) is 5.79 Å². The second kappa shape index (κ2) is 6.50. The zero-order valence-electron chi connectivity index (χ0n) is 12.8. The molecule has 23 heavy (non-hydrogen) atoms. The van der Waals surface area contributed by atoms with E-state index in [1.54, 1.807) is 25.1 Å². The van der Waals surface area contributed by atoms with Crippen molar-refractivity contribution >= 4 is 17.6 Å². The molecule has 1 heterocycles. The summed E-state index contributed by atoms with van der Waals surface area (Å²) in [5.41, 5.74) is 0.844. The maximum Gasteiger partial charge on any atom is 0.306 e. The molecule has 0 saturated carbocycles. The number of carbonyl (C=O) groups excluding carboxylic acids is 1. The van der Waals surface area contributed by atoms with Crippen molar-refractivity contribution in [1.29, 1.82) is 0 Å². The summed E-state index contributed by atoms with van der Waals surface area (Å²) >= 11 is 6.02.